The molecule has 1 aromatic rings. The Morgan fingerprint density at radius 2 is 1.80 bits per heavy atom. The van der Waals surface area contributed by atoms with Crippen LogP contribution in [0.25, 0.3) is 0 Å². The van der Waals surface area contributed by atoms with E-state index in [4.69, 9.17) is 15.2 Å². The van der Waals surface area contributed by atoms with E-state index in [1.165, 1.54) is 0 Å². The molecule has 4 nitrogen and oxygen atoms in total. The molecule has 2 N–H and O–H groups in total. The second kappa shape index (κ2) is 4.21. The first-order valence-electron chi connectivity index (χ1n) is 4.54. The summed E-state index contributed by atoms with van der Waals surface area (Å²) >= 11 is 0. The second-order valence-corrected chi connectivity index (χ2v) is 3.27. The largest absolute Gasteiger partial charge is 0.496 e. The molecule has 0 aromatic heterocycles. The summed E-state index contributed by atoms with van der Waals surface area (Å²) in [6, 6.07) is 1.63. The topological polar surface area (TPSA) is 61.5 Å². The average Bonchev–Trinajstić information content (AvgIpc) is 2.18. The molecule has 0 atom stereocenters. The molecule has 0 aliphatic carbocycles. The Kier molecular flexibility index (Phi) is 3.19. The highest BCUT2D eigenvalue weighted by atomic mass is 16.5. The van der Waals surface area contributed by atoms with E-state index in [1.807, 2.05) is 6.92 Å². The molecular weight excluding hydrogens is 194 g/mol. The van der Waals surface area contributed by atoms with Gasteiger partial charge in [0, 0.05) is 16.7 Å². The van der Waals surface area contributed by atoms with Crippen molar-refractivity contribution in [2.45, 2.75) is 13.8 Å². The van der Waals surface area contributed by atoms with Crippen LogP contribution >= 0.6 is 0 Å². The van der Waals surface area contributed by atoms with Gasteiger partial charge in [0.15, 0.2) is 0 Å². The molecule has 1 aromatic carbocycles. The number of nitrogens with two attached hydrogens (primary N) is 1. The van der Waals surface area contributed by atoms with Gasteiger partial charge in [-0.3, -0.25) is 4.79 Å². The summed E-state index contributed by atoms with van der Waals surface area (Å²) in [7, 11) is 3.10. The van der Waals surface area contributed by atoms with Gasteiger partial charge in [0.1, 0.15) is 11.5 Å². The smallest absolute Gasteiger partial charge is 0.249 e. The molecule has 0 bridgehead atoms. The third-order valence-corrected chi connectivity index (χ3v) is 2.42. The van der Waals surface area contributed by atoms with Gasteiger partial charge < -0.3 is 15.2 Å². The van der Waals surface area contributed by atoms with E-state index in [9.17, 15) is 4.79 Å². The molecule has 0 aliphatic rings. The van der Waals surface area contributed by atoms with Gasteiger partial charge in [-0.05, 0) is 19.9 Å². The van der Waals surface area contributed by atoms with Gasteiger partial charge in [-0.1, -0.05) is 0 Å². The number of hydrogen-bond donors (Lipinski definition) is 1. The lowest BCUT2D eigenvalue weighted by Gasteiger charge is -2.14. The molecule has 0 radical (unpaired) electrons. The van der Waals surface area contributed by atoms with Crippen LogP contribution < -0.4 is 15.2 Å². The van der Waals surface area contributed by atoms with Gasteiger partial charge in [0.05, 0.1) is 14.2 Å². The Labute approximate surface area is 89.0 Å². The van der Waals surface area contributed by atoms with Crippen LogP contribution in [0.5, 0.6) is 11.5 Å². The monoisotopic (exact) mass is 209 g/mol. The number of methoxy groups -OCH3 is 2. The number of carbonyl (C=O) groups excluding carboxylic acids is 1. The molecule has 0 heterocycles. The van der Waals surface area contributed by atoms with Gasteiger partial charge in [0.25, 0.3) is 0 Å². The van der Waals surface area contributed by atoms with Crippen molar-refractivity contribution in [1.82, 2.24) is 0 Å². The van der Waals surface area contributed by atoms with E-state index in [0.717, 1.165) is 11.1 Å². The molecular formula is C11H15NO3. The molecule has 4 heteroatoms. The molecule has 0 aliphatic heterocycles. The zero-order chi connectivity index (χ0) is 11.6. The highest BCUT2D eigenvalue weighted by Gasteiger charge is 2.16. The van der Waals surface area contributed by atoms with Gasteiger partial charge in [0.2, 0.25) is 5.91 Å². The van der Waals surface area contributed by atoms with E-state index in [0.29, 0.717) is 17.1 Å². The highest BCUT2D eigenvalue weighted by Crippen LogP contribution is 2.33. The molecule has 0 fully saturated rings. The molecule has 1 amide bonds. The third kappa shape index (κ3) is 1.88. The maximum absolute atomic E-state index is 11.2. The lowest BCUT2D eigenvalue weighted by Crippen LogP contribution is -2.14. The zero-order valence-corrected chi connectivity index (χ0v) is 9.38. The molecule has 1 rings (SSSR count). The Bertz CT molecular complexity index is 399. The number of hydrogen-bond acceptors (Lipinski definition) is 3. The van der Waals surface area contributed by atoms with Gasteiger partial charge in [-0.2, -0.15) is 0 Å². The van der Waals surface area contributed by atoms with Crippen molar-refractivity contribution in [2.75, 3.05) is 14.2 Å². The molecule has 0 saturated carbocycles. The predicted molar refractivity (Wildman–Crippen MR) is 57.5 cm³/mol. The van der Waals surface area contributed by atoms with Crippen LogP contribution in [0.15, 0.2) is 6.07 Å². The van der Waals surface area contributed by atoms with Crippen LogP contribution in [0.2, 0.25) is 0 Å². The van der Waals surface area contributed by atoms with Gasteiger partial charge >= 0.3 is 0 Å². The number of ether oxygens (including phenoxy) is 2. The average molecular weight is 209 g/mol. The summed E-state index contributed by atoms with van der Waals surface area (Å²) in [5.74, 6) is 0.763. The Hall–Kier alpha value is -1.71. The van der Waals surface area contributed by atoms with E-state index >= 15 is 0 Å². The quantitative estimate of drug-likeness (QED) is 0.818. The maximum Gasteiger partial charge on any atom is 0.249 e. The first kappa shape index (κ1) is 11.4. The Balaban J connectivity index is 3.51. The maximum atomic E-state index is 11.2. The minimum atomic E-state index is -0.482. The van der Waals surface area contributed by atoms with Crippen molar-refractivity contribution in [3.05, 3.63) is 22.8 Å². The third-order valence-electron chi connectivity index (χ3n) is 2.42. The molecule has 82 valence electrons. The summed E-state index contributed by atoms with van der Waals surface area (Å²) in [4.78, 5) is 11.2. The Morgan fingerprint density at radius 3 is 2.20 bits per heavy atom. The number of primary amides is 1. The van der Waals surface area contributed by atoms with Crippen LogP contribution in [-0.2, 0) is 0 Å². The van der Waals surface area contributed by atoms with Crippen LogP contribution in [0.1, 0.15) is 21.5 Å². The predicted octanol–water partition coefficient (Wildman–Crippen LogP) is 1.42. The standard InChI is InChI=1S/C11H15NO3/c1-6-8(11(12)13)5-9(14-3)7(2)10(6)15-4/h5H,1-4H3,(H2,12,13). The fraction of sp³-hybridized carbons (Fsp3) is 0.364. The first-order valence-corrected chi connectivity index (χ1v) is 4.54. The summed E-state index contributed by atoms with van der Waals surface area (Å²) in [6.45, 7) is 3.67. The van der Waals surface area contributed by atoms with E-state index in [2.05, 4.69) is 0 Å². The Morgan fingerprint density at radius 1 is 1.20 bits per heavy atom. The number of amides is 1. The van der Waals surface area contributed by atoms with Crippen LogP contribution in [0.3, 0.4) is 0 Å². The van der Waals surface area contributed by atoms with Crippen molar-refractivity contribution in [1.29, 1.82) is 0 Å². The number of benzene rings is 1. The molecule has 0 unspecified atom stereocenters. The van der Waals surface area contributed by atoms with Crippen molar-refractivity contribution in [2.24, 2.45) is 5.73 Å². The normalized spacial score (nSPS) is 9.87. The lowest BCUT2D eigenvalue weighted by molar-refractivity contribution is 0.0999. The minimum absolute atomic E-state index is 0.425. The van der Waals surface area contributed by atoms with E-state index in [1.54, 1.807) is 27.2 Å². The van der Waals surface area contributed by atoms with Crippen molar-refractivity contribution < 1.29 is 14.3 Å². The fourth-order valence-electron chi connectivity index (χ4n) is 1.64. The number of rotatable bonds is 3. The molecule has 0 saturated heterocycles. The van der Waals surface area contributed by atoms with E-state index in [-0.39, 0.29) is 0 Å². The van der Waals surface area contributed by atoms with Crippen LogP contribution in [0.4, 0.5) is 0 Å². The number of carbonyl (C=O) groups is 1. The van der Waals surface area contributed by atoms with Crippen molar-refractivity contribution in [3.63, 3.8) is 0 Å². The summed E-state index contributed by atoms with van der Waals surface area (Å²) < 4.78 is 10.4. The van der Waals surface area contributed by atoms with Crippen molar-refractivity contribution >= 4 is 5.91 Å². The first-order chi connectivity index (χ1) is 7.02. The van der Waals surface area contributed by atoms with E-state index < -0.39 is 5.91 Å². The van der Waals surface area contributed by atoms with Crippen LogP contribution in [0, 0.1) is 13.8 Å². The fourth-order valence-corrected chi connectivity index (χ4v) is 1.64. The lowest BCUT2D eigenvalue weighted by atomic mass is 10.0. The highest BCUT2D eigenvalue weighted by molar-refractivity contribution is 5.95. The zero-order valence-electron chi connectivity index (χ0n) is 9.38. The second-order valence-electron chi connectivity index (χ2n) is 3.27. The summed E-state index contributed by atoms with van der Waals surface area (Å²) in [5, 5.41) is 0. The van der Waals surface area contributed by atoms with Crippen molar-refractivity contribution in [3.8, 4) is 11.5 Å². The minimum Gasteiger partial charge on any atom is -0.496 e. The molecule has 15 heavy (non-hydrogen) atoms. The molecule has 0 spiro atoms. The van der Waals surface area contributed by atoms with Crippen LogP contribution in [-0.4, -0.2) is 20.1 Å². The van der Waals surface area contributed by atoms with Gasteiger partial charge in [-0.15, -0.1) is 0 Å². The summed E-state index contributed by atoms with van der Waals surface area (Å²) in [6.07, 6.45) is 0. The summed E-state index contributed by atoms with van der Waals surface area (Å²) in [5.41, 5.74) is 7.29. The SMILES string of the molecule is COc1cc(C(N)=O)c(C)c(OC)c1C. The van der Waals surface area contributed by atoms with Gasteiger partial charge in [-0.25, -0.2) is 0 Å².